The van der Waals surface area contributed by atoms with Gasteiger partial charge in [-0.05, 0) is 90.2 Å². The maximum atomic E-state index is 14.1. The molecule has 0 saturated heterocycles. The Morgan fingerprint density at radius 2 is 1.63 bits per heavy atom. The van der Waals surface area contributed by atoms with Gasteiger partial charge in [0.2, 0.25) is 5.75 Å². The first kappa shape index (κ1) is 26.4. The van der Waals surface area contributed by atoms with E-state index in [1.54, 1.807) is 20.2 Å². The summed E-state index contributed by atoms with van der Waals surface area (Å²) >= 11 is 0. The number of aromatic hydroxyl groups is 1. The van der Waals surface area contributed by atoms with E-state index in [1.165, 1.54) is 11.1 Å². The van der Waals surface area contributed by atoms with Gasteiger partial charge in [0.25, 0.3) is 0 Å². The lowest BCUT2D eigenvalue weighted by Crippen LogP contribution is -2.47. The van der Waals surface area contributed by atoms with Crippen molar-refractivity contribution in [2.24, 2.45) is 0 Å². The summed E-state index contributed by atoms with van der Waals surface area (Å²) in [4.78, 5) is 2.36. The van der Waals surface area contributed by atoms with Gasteiger partial charge in [-0.3, -0.25) is 4.90 Å². The van der Waals surface area contributed by atoms with Crippen LogP contribution in [0.25, 0.3) is 0 Å². The molecule has 4 aromatic rings. The Labute approximate surface area is 250 Å². The predicted octanol–water partition coefficient (Wildman–Crippen LogP) is 6.96. The smallest absolute Gasteiger partial charge is 0.212 e. The molecule has 5 aliphatic rings. The van der Waals surface area contributed by atoms with Crippen molar-refractivity contribution in [3.63, 3.8) is 0 Å². The molecule has 0 saturated carbocycles. The van der Waals surface area contributed by atoms with E-state index in [0.717, 1.165) is 41.6 Å². The molecule has 0 aliphatic carbocycles. The summed E-state index contributed by atoms with van der Waals surface area (Å²) in [6.07, 6.45) is 2.75. The van der Waals surface area contributed by atoms with Crippen molar-refractivity contribution < 1.29 is 28.7 Å². The maximum Gasteiger partial charge on any atom is 0.212 e. The van der Waals surface area contributed by atoms with Crippen molar-refractivity contribution in [2.45, 2.75) is 37.8 Å². The van der Waals surface area contributed by atoms with Crippen LogP contribution in [0.4, 0.5) is 0 Å². The second kappa shape index (κ2) is 9.64. The average Bonchev–Trinajstić information content (AvgIpc) is 3.00. The summed E-state index contributed by atoms with van der Waals surface area (Å²) < 4.78 is 25.0. The molecule has 1 unspecified atom stereocenters. The fraction of sp³-hybridized carbons (Fsp3) is 0.314. The van der Waals surface area contributed by atoms with Crippen LogP contribution in [0.3, 0.4) is 0 Å². The average molecular weight is 579 g/mol. The van der Waals surface area contributed by atoms with Crippen molar-refractivity contribution in [1.82, 2.24) is 4.90 Å². The van der Waals surface area contributed by atoms with Gasteiger partial charge in [-0.1, -0.05) is 18.2 Å². The van der Waals surface area contributed by atoms with Crippen molar-refractivity contribution >= 4 is 0 Å². The largest absolute Gasteiger partial charge is 0.633 e. The Balaban J connectivity index is 1.35. The van der Waals surface area contributed by atoms with Crippen LogP contribution in [-0.2, 0) is 25.7 Å². The molecule has 1 N–H and O–H groups in total. The fourth-order valence-corrected chi connectivity index (χ4v) is 7.18. The molecule has 0 aromatic heterocycles. The lowest BCUT2D eigenvalue weighted by atomic mass is 9.86. The maximum absolute atomic E-state index is 14.1. The minimum atomic E-state index is -0.419. The Bertz CT molecular complexity index is 1770. The standard InChI is InChI=1S/C35H34N2O6/c1-36-12-10-22-17-30-31-19-25(22)26(36)14-21-6-9-28(38)29(16-21)41-24-7-4-20(5-8-24)15-27-33-23(11-13-37(27,2)39)18-32(40-3)34(42-30)35(33)43-31/h4-9,16-19,26-27,38H,10-15H2,1-3H3/t26-,27-,37?/m0/s1. The summed E-state index contributed by atoms with van der Waals surface area (Å²) in [5.41, 5.74) is 6.41. The number of phenols is 1. The molecule has 220 valence electrons. The van der Waals surface area contributed by atoms with Crippen LogP contribution >= 0.6 is 0 Å². The number of benzene rings is 4. The minimum absolute atomic E-state index is 0.0863. The second-order valence-corrected chi connectivity index (χ2v) is 12.4. The molecule has 7 bridgehead atoms. The molecule has 43 heavy (non-hydrogen) atoms. The normalized spacial score (nSPS) is 23.4. The van der Waals surface area contributed by atoms with Crippen molar-refractivity contribution in [3.8, 4) is 46.0 Å². The monoisotopic (exact) mass is 578 g/mol. The van der Waals surface area contributed by atoms with Crippen LogP contribution in [0, 0.1) is 5.21 Å². The number of ether oxygens (including phenoxy) is 4. The lowest BCUT2D eigenvalue weighted by molar-refractivity contribution is -0.894. The van der Waals surface area contributed by atoms with Crippen LogP contribution in [0.1, 0.15) is 45.5 Å². The van der Waals surface area contributed by atoms with Crippen LogP contribution in [0.5, 0.6) is 46.0 Å². The molecule has 5 aliphatic heterocycles. The highest BCUT2D eigenvalue weighted by Gasteiger charge is 2.41. The first-order chi connectivity index (χ1) is 20.8. The summed E-state index contributed by atoms with van der Waals surface area (Å²) in [5, 5.41) is 24.7. The van der Waals surface area contributed by atoms with E-state index in [9.17, 15) is 10.3 Å². The number of nitrogens with zero attached hydrogens (tertiary/aromatic N) is 2. The first-order valence-corrected chi connectivity index (χ1v) is 14.9. The van der Waals surface area contributed by atoms with Crippen molar-refractivity contribution in [1.29, 1.82) is 0 Å². The van der Waals surface area contributed by atoms with E-state index in [2.05, 4.69) is 24.1 Å². The molecule has 0 spiro atoms. The van der Waals surface area contributed by atoms with Gasteiger partial charge in [-0.2, -0.15) is 0 Å². The predicted molar refractivity (Wildman–Crippen MR) is 162 cm³/mol. The van der Waals surface area contributed by atoms with Gasteiger partial charge in [0.15, 0.2) is 34.5 Å². The van der Waals surface area contributed by atoms with Crippen LogP contribution < -0.4 is 18.9 Å². The third-order valence-corrected chi connectivity index (χ3v) is 9.65. The molecule has 4 aromatic carbocycles. The molecule has 5 heterocycles. The van der Waals surface area contributed by atoms with Crippen molar-refractivity contribution in [3.05, 3.63) is 99.3 Å². The zero-order chi connectivity index (χ0) is 29.5. The van der Waals surface area contributed by atoms with Crippen LogP contribution in [0.15, 0.2) is 60.7 Å². The number of quaternary nitrogens is 1. The quantitative estimate of drug-likeness (QED) is 0.170. The number of fused-ring (bicyclic) bond motifs is 2. The van der Waals surface area contributed by atoms with Crippen molar-refractivity contribution in [2.75, 3.05) is 34.3 Å². The Hall–Kier alpha value is -4.24. The van der Waals surface area contributed by atoms with E-state index in [1.807, 2.05) is 42.5 Å². The van der Waals surface area contributed by atoms with Crippen LogP contribution in [0.2, 0.25) is 0 Å². The fourth-order valence-electron chi connectivity index (χ4n) is 7.18. The molecule has 0 fully saturated rings. The zero-order valence-corrected chi connectivity index (χ0v) is 24.6. The summed E-state index contributed by atoms with van der Waals surface area (Å²) in [6, 6.07) is 19.2. The molecule has 0 radical (unpaired) electrons. The third-order valence-electron chi connectivity index (χ3n) is 9.65. The summed E-state index contributed by atoms with van der Waals surface area (Å²) in [7, 11) is 5.53. The second-order valence-electron chi connectivity index (χ2n) is 12.4. The molecular formula is C35H34N2O6. The number of methoxy groups -OCH3 is 1. The highest BCUT2D eigenvalue weighted by Crippen LogP contribution is 2.57. The van der Waals surface area contributed by atoms with E-state index in [0.29, 0.717) is 59.6 Å². The van der Waals surface area contributed by atoms with Gasteiger partial charge < -0.3 is 33.9 Å². The molecule has 8 nitrogen and oxygen atoms in total. The minimum Gasteiger partial charge on any atom is -0.633 e. The Morgan fingerprint density at radius 3 is 2.44 bits per heavy atom. The Kier molecular flexibility index (Phi) is 5.92. The SMILES string of the molecule is COc1cc2c3c4c1Oc1cc5c(cc1O4)[C@H](Cc1ccc(O)c(c1)Oc1ccc(cc1)C[C@@H]3[N+](C)([O-])CC2)N(C)CC5. The lowest BCUT2D eigenvalue weighted by Gasteiger charge is -2.50. The number of rotatable bonds is 1. The summed E-state index contributed by atoms with van der Waals surface area (Å²) in [5.74, 6) is 4.16. The first-order valence-electron chi connectivity index (χ1n) is 14.9. The topological polar surface area (TPSA) is 83.5 Å². The van der Waals surface area contributed by atoms with Crippen LogP contribution in [-0.4, -0.2) is 48.9 Å². The highest BCUT2D eigenvalue weighted by molar-refractivity contribution is 5.67. The number of hydrogen-bond donors (Lipinski definition) is 1. The van der Waals surface area contributed by atoms with Gasteiger partial charge in [-0.15, -0.1) is 0 Å². The number of hydrogen-bond acceptors (Lipinski definition) is 7. The number of likely N-dealkylation sites (N-methyl/N-ethyl adjacent to an activating group) is 2. The number of hydroxylamine groups is 3. The molecule has 8 heteroatoms. The van der Waals surface area contributed by atoms with E-state index < -0.39 is 10.7 Å². The van der Waals surface area contributed by atoms with E-state index in [-0.39, 0.29) is 11.8 Å². The van der Waals surface area contributed by atoms with E-state index >= 15 is 0 Å². The molecule has 9 rings (SSSR count). The highest BCUT2D eigenvalue weighted by atomic mass is 16.6. The van der Waals surface area contributed by atoms with Gasteiger partial charge in [-0.25, -0.2) is 0 Å². The molecule has 0 amide bonds. The molecule has 3 atom stereocenters. The summed E-state index contributed by atoms with van der Waals surface area (Å²) in [6.45, 7) is 1.36. The number of phenolic OH excluding ortho intramolecular Hbond substituents is 1. The van der Waals surface area contributed by atoms with Gasteiger partial charge in [0.1, 0.15) is 11.8 Å². The van der Waals surface area contributed by atoms with E-state index in [4.69, 9.17) is 18.9 Å². The molecular weight excluding hydrogens is 544 g/mol. The third kappa shape index (κ3) is 4.32. The Morgan fingerprint density at radius 1 is 0.860 bits per heavy atom. The van der Waals surface area contributed by atoms with Gasteiger partial charge >= 0.3 is 0 Å². The van der Waals surface area contributed by atoms with Gasteiger partial charge in [0.05, 0.1) is 26.3 Å². The zero-order valence-electron chi connectivity index (χ0n) is 24.6. The van der Waals surface area contributed by atoms with Gasteiger partial charge in [0, 0.05) is 25.4 Å².